The number of carbonyl (C=O) groups excluding carboxylic acids is 3. The van der Waals surface area contributed by atoms with Gasteiger partial charge in [-0.1, -0.05) is 11.3 Å². The lowest BCUT2D eigenvalue weighted by atomic mass is 10.0. The summed E-state index contributed by atoms with van der Waals surface area (Å²) in [6, 6.07) is 6.83. The summed E-state index contributed by atoms with van der Waals surface area (Å²) >= 11 is 1.36. The second-order valence-electron chi connectivity index (χ2n) is 7.12. The van der Waals surface area contributed by atoms with Crippen LogP contribution in [0.25, 0.3) is 16.3 Å². The van der Waals surface area contributed by atoms with Crippen molar-refractivity contribution >= 4 is 29.3 Å². The van der Waals surface area contributed by atoms with Crippen LogP contribution in [0.5, 0.6) is 0 Å². The van der Waals surface area contributed by atoms with Gasteiger partial charge in [0.2, 0.25) is 11.8 Å². The van der Waals surface area contributed by atoms with E-state index in [1.54, 1.807) is 16.9 Å². The molecule has 1 saturated heterocycles. The summed E-state index contributed by atoms with van der Waals surface area (Å²) in [6.07, 6.45) is 2.38. The van der Waals surface area contributed by atoms with Crippen LogP contribution < -0.4 is 5.32 Å². The second-order valence-corrected chi connectivity index (χ2v) is 7.93. The Hall–Kier alpha value is -3.40. The van der Waals surface area contributed by atoms with Gasteiger partial charge in [0.25, 0.3) is 5.91 Å². The van der Waals surface area contributed by atoms with Gasteiger partial charge in [-0.25, -0.2) is 4.68 Å². The molecule has 0 bridgehead atoms. The van der Waals surface area contributed by atoms with Gasteiger partial charge in [-0.05, 0) is 48.6 Å². The Balaban J connectivity index is 1.42. The van der Waals surface area contributed by atoms with Gasteiger partial charge in [0, 0.05) is 18.5 Å². The highest BCUT2D eigenvalue weighted by Crippen LogP contribution is 2.29. The van der Waals surface area contributed by atoms with Gasteiger partial charge in [0.15, 0.2) is 0 Å². The van der Waals surface area contributed by atoms with E-state index in [9.17, 15) is 14.4 Å². The van der Waals surface area contributed by atoms with Gasteiger partial charge in [0.05, 0.1) is 22.5 Å². The summed E-state index contributed by atoms with van der Waals surface area (Å²) in [5.41, 5.74) is 3.74. The predicted octanol–water partition coefficient (Wildman–Crippen LogP) is 1.46. The molecule has 0 radical (unpaired) electrons. The molecule has 0 aliphatic carbocycles. The molecule has 9 nitrogen and oxygen atoms in total. The smallest absolute Gasteiger partial charge is 0.255 e. The lowest BCUT2D eigenvalue weighted by molar-refractivity contribution is -0.136. The molecule has 1 unspecified atom stereocenters. The molecule has 10 heteroatoms. The fourth-order valence-electron chi connectivity index (χ4n) is 3.67. The van der Waals surface area contributed by atoms with E-state index in [1.165, 1.54) is 16.4 Å². The van der Waals surface area contributed by atoms with Gasteiger partial charge in [-0.15, -0.1) is 5.10 Å². The van der Waals surface area contributed by atoms with Gasteiger partial charge < -0.3 is 4.90 Å². The summed E-state index contributed by atoms with van der Waals surface area (Å²) in [5.74, 6) is -0.922. The highest BCUT2D eigenvalue weighted by atomic mass is 32.1. The molecule has 0 spiro atoms. The number of hydrogen-bond acceptors (Lipinski definition) is 7. The van der Waals surface area contributed by atoms with Crippen molar-refractivity contribution in [3.05, 3.63) is 47.3 Å². The number of benzene rings is 1. The fourth-order valence-corrected chi connectivity index (χ4v) is 4.38. The third-order valence-electron chi connectivity index (χ3n) is 5.15. The van der Waals surface area contributed by atoms with Gasteiger partial charge in [-0.3, -0.25) is 19.7 Å². The summed E-state index contributed by atoms with van der Waals surface area (Å²) < 4.78 is 5.87. The van der Waals surface area contributed by atoms with Crippen molar-refractivity contribution in [1.29, 1.82) is 0 Å². The molecule has 3 aromatic rings. The van der Waals surface area contributed by atoms with E-state index in [2.05, 4.69) is 20.0 Å². The number of aryl methyl sites for hydroxylation is 1. The Morgan fingerprint density at radius 3 is 2.83 bits per heavy atom. The third kappa shape index (κ3) is 3.01. The number of fused-ring (bicyclic) bond motifs is 1. The molecule has 2 aliphatic heterocycles. The highest BCUT2D eigenvalue weighted by Gasteiger charge is 2.39. The third-order valence-corrected chi connectivity index (χ3v) is 6.05. The zero-order chi connectivity index (χ0) is 20.1. The molecule has 146 valence electrons. The minimum absolute atomic E-state index is 0.213. The van der Waals surface area contributed by atoms with Crippen LogP contribution in [0.1, 0.15) is 34.5 Å². The van der Waals surface area contributed by atoms with E-state index < -0.39 is 11.9 Å². The number of carbonyl (C=O) groups is 3. The Kier molecular flexibility index (Phi) is 4.02. The standard InChI is InChI=1S/C19H16N6O3S/c1-10-6-16(29-22-10)14-9-25(23-21-14)12-3-2-11-8-24(19(28)13(11)7-12)15-4-5-17(26)20-18(15)27/h2-3,6-7,9,15H,4-5,8H2,1H3,(H,20,26,27). The summed E-state index contributed by atoms with van der Waals surface area (Å²) in [7, 11) is 0. The highest BCUT2D eigenvalue weighted by molar-refractivity contribution is 7.09. The van der Waals surface area contributed by atoms with E-state index >= 15 is 0 Å². The first-order chi connectivity index (χ1) is 14.0. The number of aromatic nitrogens is 4. The number of hydrogen-bond donors (Lipinski definition) is 1. The van der Waals surface area contributed by atoms with Crippen LogP contribution >= 0.6 is 11.5 Å². The second kappa shape index (κ2) is 6.59. The zero-order valence-electron chi connectivity index (χ0n) is 15.5. The van der Waals surface area contributed by atoms with Crippen LogP contribution in [0.3, 0.4) is 0 Å². The number of imide groups is 1. The van der Waals surface area contributed by atoms with Crippen molar-refractivity contribution in [3.63, 3.8) is 0 Å². The van der Waals surface area contributed by atoms with Crippen LogP contribution in [0.15, 0.2) is 30.5 Å². The first-order valence-corrected chi connectivity index (χ1v) is 9.91. The summed E-state index contributed by atoms with van der Waals surface area (Å²) in [4.78, 5) is 39.0. The number of piperidine rings is 1. The van der Waals surface area contributed by atoms with Crippen molar-refractivity contribution in [1.82, 2.24) is 29.6 Å². The van der Waals surface area contributed by atoms with Crippen molar-refractivity contribution in [2.75, 3.05) is 0 Å². The average Bonchev–Trinajstić information content (AvgIpc) is 3.41. The molecular weight excluding hydrogens is 392 g/mol. The van der Waals surface area contributed by atoms with Gasteiger partial charge >= 0.3 is 0 Å². The maximum Gasteiger partial charge on any atom is 0.255 e. The number of rotatable bonds is 3. The van der Waals surface area contributed by atoms with Crippen molar-refractivity contribution < 1.29 is 14.4 Å². The normalized spacial score (nSPS) is 18.9. The van der Waals surface area contributed by atoms with Crippen LogP contribution in [-0.2, 0) is 16.1 Å². The zero-order valence-corrected chi connectivity index (χ0v) is 16.3. The quantitative estimate of drug-likeness (QED) is 0.657. The maximum atomic E-state index is 12.9. The lowest BCUT2D eigenvalue weighted by Crippen LogP contribution is -2.52. The molecule has 1 N–H and O–H groups in total. The number of amides is 3. The molecule has 1 atom stereocenters. The monoisotopic (exact) mass is 408 g/mol. The predicted molar refractivity (Wildman–Crippen MR) is 103 cm³/mol. The van der Waals surface area contributed by atoms with Crippen molar-refractivity contribution in [2.45, 2.75) is 32.4 Å². The maximum absolute atomic E-state index is 12.9. The topological polar surface area (TPSA) is 110 Å². The molecule has 5 rings (SSSR count). The molecule has 3 amide bonds. The number of nitrogens with zero attached hydrogens (tertiary/aromatic N) is 5. The van der Waals surface area contributed by atoms with Crippen LogP contribution in [0, 0.1) is 6.92 Å². The van der Waals surface area contributed by atoms with Crippen LogP contribution in [0.2, 0.25) is 0 Å². The van der Waals surface area contributed by atoms with E-state index in [0.717, 1.165) is 16.1 Å². The molecule has 2 aliphatic rings. The van der Waals surface area contributed by atoms with E-state index in [0.29, 0.717) is 29.9 Å². The molecule has 4 heterocycles. The lowest BCUT2D eigenvalue weighted by Gasteiger charge is -2.29. The van der Waals surface area contributed by atoms with Gasteiger partial charge in [-0.2, -0.15) is 4.37 Å². The Bertz CT molecular complexity index is 1170. The minimum atomic E-state index is -0.622. The van der Waals surface area contributed by atoms with E-state index in [1.807, 2.05) is 25.1 Å². The first kappa shape index (κ1) is 17.7. The first-order valence-electron chi connectivity index (χ1n) is 9.13. The molecule has 1 fully saturated rings. The van der Waals surface area contributed by atoms with Crippen LogP contribution in [-0.4, -0.2) is 48.0 Å². The fraction of sp³-hybridized carbons (Fsp3) is 0.263. The van der Waals surface area contributed by atoms with E-state index in [4.69, 9.17) is 0 Å². The largest absolute Gasteiger partial charge is 0.322 e. The molecule has 29 heavy (non-hydrogen) atoms. The Morgan fingerprint density at radius 2 is 2.07 bits per heavy atom. The minimum Gasteiger partial charge on any atom is -0.322 e. The SMILES string of the molecule is Cc1cc(-c2cn(-c3ccc4c(c3)C(=O)N(C3CCC(=O)NC3=O)C4)nn2)sn1. The molecule has 0 saturated carbocycles. The van der Waals surface area contributed by atoms with E-state index in [-0.39, 0.29) is 18.2 Å². The molecule has 1 aromatic carbocycles. The number of nitrogens with one attached hydrogen (secondary N) is 1. The van der Waals surface area contributed by atoms with Crippen molar-refractivity contribution in [2.24, 2.45) is 0 Å². The molecule has 2 aromatic heterocycles. The average molecular weight is 408 g/mol. The summed E-state index contributed by atoms with van der Waals surface area (Å²) in [5, 5.41) is 10.7. The van der Waals surface area contributed by atoms with Crippen molar-refractivity contribution in [3.8, 4) is 16.3 Å². The Morgan fingerprint density at radius 1 is 1.21 bits per heavy atom. The molecular formula is C19H16N6O3S. The Labute approximate surface area is 169 Å². The van der Waals surface area contributed by atoms with Crippen LogP contribution in [0.4, 0.5) is 0 Å². The summed E-state index contributed by atoms with van der Waals surface area (Å²) in [6.45, 7) is 2.27. The van der Waals surface area contributed by atoms with Gasteiger partial charge in [0.1, 0.15) is 11.7 Å².